The Labute approximate surface area is 138 Å². The van der Waals surface area contributed by atoms with Gasteiger partial charge in [0.15, 0.2) is 0 Å². The fourth-order valence-corrected chi connectivity index (χ4v) is 2.48. The number of rotatable bonds is 3. The molecular formula is C16H16BrClN2O. The molecule has 0 spiro atoms. The lowest BCUT2D eigenvalue weighted by Gasteiger charge is -2.18. The lowest BCUT2D eigenvalue weighted by molar-refractivity contribution is 0.102. The number of amides is 1. The van der Waals surface area contributed by atoms with Gasteiger partial charge in [-0.1, -0.05) is 33.6 Å². The summed E-state index contributed by atoms with van der Waals surface area (Å²) in [5, 5.41) is 3.49. The Bertz CT molecular complexity index is 686. The number of nitrogens with one attached hydrogen (secondary N) is 1. The van der Waals surface area contributed by atoms with Gasteiger partial charge in [-0.25, -0.2) is 0 Å². The molecule has 0 saturated carbocycles. The molecule has 0 bridgehead atoms. The van der Waals surface area contributed by atoms with Gasteiger partial charge in [0.25, 0.3) is 5.91 Å². The second-order valence-electron chi connectivity index (χ2n) is 4.97. The SMILES string of the molecule is Cc1ccc(C(=O)Nc2cc(Cl)ccc2N(C)C)cc1Br. The minimum Gasteiger partial charge on any atom is -0.376 e. The molecule has 0 aliphatic carbocycles. The molecule has 1 N–H and O–H groups in total. The lowest BCUT2D eigenvalue weighted by Crippen LogP contribution is -2.16. The minimum atomic E-state index is -0.166. The van der Waals surface area contributed by atoms with Crippen molar-refractivity contribution in [2.24, 2.45) is 0 Å². The van der Waals surface area contributed by atoms with E-state index in [0.717, 1.165) is 15.7 Å². The second-order valence-corrected chi connectivity index (χ2v) is 6.26. The van der Waals surface area contributed by atoms with E-state index in [0.29, 0.717) is 16.3 Å². The molecule has 110 valence electrons. The zero-order chi connectivity index (χ0) is 15.6. The Balaban J connectivity index is 2.30. The molecule has 21 heavy (non-hydrogen) atoms. The number of benzene rings is 2. The lowest BCUT2D eigenvalue weighted by atomic mass is 10.1. The maximum atomic E-state index is 12.4. The highest BCUT2D eigenvalue weighted by Gasteiger charge is 2.12. The van der Waals surface area contributed by atoms with Crippen LogP contribution in [0.15, 0.2) is 40.9 Å². The first-order chi connectivity index (χ1) is 9.88. The number of halogens is 2. The average Bonchev–Trinajstić information content (AvgIpc) is 2.41. The summed E-state index contributed by atoms with van der Waals surface area (Å²) in [5.41, 5.74) is 3.27. The summed E-state index contributed by atoms with van der Waals surface area (Å²) >= 11 is 9.46. The molecular weight excluding hydrogens is 352 g/mol. The summed E-state index contributed by atoms with van der Waals surface area (Å²) in [5.74, 6) is -0.166. The summed E-state index contributed by atoms with van der Waals surface area (Å²) in [7, 11) is 3.84. The van der Waals surface area contributed by atoms with Crippen molar-refractivity contribution in [1.82, 2.24) is 0 Å². The predicted molar refractivity (Wildman–Crippen MR) is 92.6 cm³/mol. The third-order valence-electron chi connectivity index (χ3n) is 3.12. The van der Waals surface area contributed by atoms with Crippen molar-refractivity contribution in [3.63, 3.8) is 0 Å². The molecule has 0 unspecified atom stereocenters. The monoisotopic (exact) mass is 366 g/mol. The third kappa shape index (κ3) is 3.77. The van der Waals surface area contributed by atoms with E-state index in [-0.39, 0.29) is 5.91 Å². The molecule has 2 aromatic carbocycles. The van der Waals surface area contributed by atoms with Crippen molar-refractivity contribution in [1.29, 1.82) is 0 Å². The van der Waals surface area contributed by atoms with Gasteiger partial charge in [-0.15, -0.1) is 0 Å². The summed E-state index contributed by atoms with van der Waals surface area (Å²) in [4.78, 5) is 14.3. The summed E-state index contributed by atoms with van der Waals surface area (Å²) in [6.45, 7) is 1.98. The zero-order valence-corrected chi connectivity index (χ0v) is 14.4. The molecule has 1 amide bonds. The maximum Gasteiger partial charge on any atom is 0.255 e. The van der Waals surface area contributed by atoms with Crippen LogP contribution in [0.5, 0.6) is 0 Å². The van der Waals surface area contributed by atoms with Gasteiger partial charge >= 0.3 is 0 Å². The summed E-state index contributed by atoms with van der Waals surface area (Å²) in [6, 6.07) is 10.9. The molecule has 5 heteroatoms. The quantitative estimate of drug-likeness (QED) is 0.850. The van der Waals surface area contributed by atoms with Gasteiger partial charge in [0, 0.05) is 29.2 Å². The van der Waals surface area contributed by atoms with Gasteiger partial charge < -0.3 is 10.2 Å². The highest BCUT2D eigenvalue weighted by Crippen LogP contribution is 2.28. The van der Waals surface area contributed by atoms with E-state index in [1.54, 1.807) is 18.2 Å². The Hall–Kier alpha value is -1.52. The predicted octanol–water partition coefficient (Wildman–Crippen LogP) is 4.73. The van der Waals surface area contributed by atoms with Crippen LogP contribution in [0.2, 0.25) is 5.02 Å². The first-order valence-electron chi connectivity index (χ1n) is 6.43. The van der Waals surface area contributed by atoms with E-state index < -0.39 is 0 Å². The van der Waals surface area contributed by atoms with Crippen LogP contribution in [0.25, 0.3) is 0 Å². The fourth-order valence-electron chi connectivity index (χ4n) is 1.93. The van der Waals surface area contributed by atoms with Crippen LogP contribution in [-0.2, 0) is 0 Å². The summed E-state index contributed by atoms with van der Waals surface area (Å²) in [6.07, 6.45) is 0. The Kier molecular flexibility index (Phi) is 4.91. The van der Waals surface area contributed by atoms with Crippen molar-refractivity contribution < 1.29 is 4.79 Å². The van der Waals surface area contributed by atoms with Crippen LogP contribution in [0.1, 0.15) is 15.9 Å². The van der Waals surface area contributed by atoms with Crippen LogP contribution in [-0.4, -0.2) is 20.0 Å². The van der Waals surface area contributed by atoms with E-state index in [2.05, 4.69) is 21.2 Å². The zero-order valence-electron chi connectivity index (χ0n) is 12.1. The van der Waals surface area contributed by atoms with Crippen LogP contribution >= 0.6 is 27.5 Å². The minimum absolute atomic E-state index is 0.166. The smallest absolute Gasteiger partial charge is 0.255 e. The molecule has 0 aliphatic heterocycles. The number of hydrogen-bond donors (Lipinski definition) is 1. The van der Waals surface area contributed by atoms with Crippen LogP contribution in [0.3, 0.4) is 0 Å². The number of aryl methyl sites for hydroxylation is 1. The number of nitrogens with zero attached hydrogens (tertiary/aromatic N) is 1. The molecule has 0 atom stereocenters. The Morgan fingerprint density at radius 3 is 2.52 bits per heavy atom. The Morgan fingerprint density at radius 1 is 1.19 bits per heavy atom. The van der Waals surface area contributed by atoms with Gasteiger partial charge in [-0.3, -0.25) is 4.79 Å². The molecule has 0 fully saturated rings. The highest BCUT2D eigenvalue weighted by molar-refractivity contribution is 9.10. The molecule has 0 saturated heterocycles. The van der Waals surface area contributed by atoms with Crippen LogP contribution < -0.4 is 10.2 Å². The first kappa shape index (κ1) is 15.9. The normalized spacial score (nSPS) is 10.3. The fraction of sp³-hybridized carbons (Fsp3) is 0.188. The number of carbonyl (C=O) groups excluding carboxylic acids is 1. The van der Waals surface area contributed by atoms with Crippen LogP contribution in [0, 0.1) is 6.92 Å². The molecule has 2 rings (SSSR count). The first-order valence-corrected chi connectivity index (χ1v) is 7.60. The average molecular weight is 368 g/mol. The molecule has 0 aliphatic rings. The van der Waals surface area contributed by atoms with E-state index in [1.165, 1.54) is 0 Å². The van der Waals surface area contributed by atoms with Crippen molar-refractivity contribution in [3.8, 4) is 0 Å². The molecule has 0 radical (unpaired) electrons. The van der Waals surface area contributed by atoms with E-state index in [9.17, 15) is 4.79 Å². The second kappa shape index (κ2) is 6.50. The number of carbonyl (C=O) groups is 1. The van der Waals surface area contributed by atoms with Gasteiger partial charge in [-0.05, 0) is 42.8 Å². The van der Waals surface area contributed by atoms with Crippen molar-refractivity contribution in [2.75, 3.05) is 24.3 Å². The summed E-state index contributed by atoms with van der Waals surface area (Å²) < 4.78 is 0.911. The van der Waals surface area contributed by atoms with Crippen molar-refractivity contribution in [3.05, 3.63) is 57.0 Å². The van der Waals surface area contributed by atoms with E-state index in [4.69, 9.17) is 11.6 Å². The maximum absolute atomic E-state index is 12.4. The van der Waals surface area contributed by atoms with Gasteiger partial charge in [0.1, 0.15) is 0 Å². The number of anilines is 2. The van der Waals surface area contributed by atoms with Gasteiger partial charge in [-0.2, -0.15) is 0 Å². The Morgan fingerprint density at radius 2 is 1.90 bits per heavy atom. The molecule has 3 nitrogen and oxygen atoms in total. The van der Waals surface area contributed by atoms with E-state index in [1.807, 2.05) is 44.1 Å². The van der Waals surface area contributed by atoms with Gasteiger partial charge in [0.2, 0.25) is 0 Å². The van der Waals surface area contributed by atoms with E-state index >= 15 is 0 Å². The molecule has 2 aromatic rings. The highest BCUT2D eigenvalue weighted by atomic mass is 79.9. The van der Waals surface area contributed by atoms with Gasteiger partial charge in [0.05, 0.1) is 11.4 Å². The molecule has 0 heterocycles. The third-order valence-corrected chi connectivity index (χ3v) is 4.21. The molecule has 0 aromatic heterocycles. The standard InChI is InChI=1S/C16H16BrClN2O/c1-10-4-5-11(8-13(10)17)16(21)19-14-9-12(18)6-7-15(14)20(2)3/h4-9H,1-3H3,(H,19,21). The van der Waals surface area contributed by atoms with Crippen LogP contribution in [0.4, 0.5) is 11.4 Å². The van der Waals surface area contributed by atoms with Crippen molar-refractivity contribution >= 4 is 44.8 Å². The topological polar surface area (TPSA) is 32.3 Å². The van der Waals surface area contributed by atoms with Crippen molar-refractivity contribution in [2.45, 2.75) is 6.92 Å². The largest absolute Gasteiger partial charge is 0.376 e. The number of hydrogen-bond acceptors (Lipinski definition) is 2.